The predicted octanol–water partition coefficient (Wildman–Crippen LogP) is 2.32. The average molecular weight is 311 g/mol. The number of nitrogens with one attached hydrogen (secondary N) is 1. The number of rotatable bonds is 4. The number of carbonyl (C=O) groups is 1. The average Bonchev–Trinajstić information content (AvgIpc) is 2.64. The van der Waals surface area contributed by atoms with Crippen LogP contribution in [0.1, 0.15) is 23.2 Å². The number of ketones is 1. The first kappa shape index (κ1) is 13.7. The van der Waals surface area contributed by atoms with Gasteiger partial charge in [0.25, 0.3) is 0 Å². The third-order valence-electron chi connectivity index (χ3n) is 3.23. The first-order chi connectivity index (χ1) is 8.75. The van der Waals surface area contributed by atoms with E-state index in [1.165, 1.54) is 6.42 Å². The Morgan fingerprint density at radius 2 is 2.22 bits per heavy atom. The summed E-state index contributed by atoms with van der Waals surface area (Å²) >= 11 is 3.40. The van der Waals surface area contributed by atoms with E-state index >= 15 is 0 Å². The number of hydrogen-bond acceptors (Lipinski definition) is 3. The summed E-state index contributed by atoms with van der Waals surface area (Å²) in [5, 5.41) is 3.37. The zero-order valence-electron chi connectivity index (χ0n) is 10.5. The molecule has 1 heterocycles. The van der Waals surface area contributed by atoms with Gasteiger partial charge >= 0.3 is 0 Å². The second-order valence-electron chi connectivity index (χ2n) is 4.63. The Balaban J connectivity index is 1.84. The number of benzene rings is 1. The van der Waals surface area contributed by atoms with Gasteiger partial charge in [0.2, 0.25) is 0 Å². The van der Waals surface area contributed by atoms with Crippen LogP contribution in [0.25, 0.3) is 0 Å². The van der Waals surface area contributed by atoms with Gasteiger partial charge in [0.15, 0.2) is 5.78 Å². The van der Waals surface area contributed by atoms with Crippen LogP contribution in [0.3, 0.4) is 0 Å². The molecule has 18 heavy (non-hydrogen) atoms. The summed E-state index contributed by atoms with van der Waals surface area (Å²) in [6, 6.07) is 7.63. The van der Waals surface area contributed by atoms with Crippen molar-refractivity contribution in [2.24, 2.45) is 0 Å². The van der Waals surface area contributed by atoms with Crippen LogP contribution >= 0.6 is 15.9 Å². The van der Waals surface area contributed by atoms with E-state index in [0.717, 1.165) is 42.8 Å². The Bertz CT molecular complexity index is 401. The fourth-order valence-corrected chi connectivity index (χ4v) is 2.59. The van der Waals surface area contributed by atoms with E-state index in [0.29, 0.717) is 6.42 Å². The van der Waals surface area contributed by atoms with Crippen LogP contribution in [0.4, 0.5) is 0 Å². The smallest absolute Gasteiger partial charge is 0.164 e. The molecule has 0 spiro atoms. The van der Waals surface area contributed by atoms with Gasteiger partial charge in [-0.1, -0.05) is 28.1 Å². The molecule has 1 N–H and O–H groups in total. The summed E-state index contributed by atoms with van der Waals surface area (Å²) < 4.78 is 0.965. The molecule has 0 radical (unpaired) electrons. The van der Waals surface area contributed by atoms with Crippen molar-refractivity contribution >= 4 is 21.7 Å². The predicted molar refractivity (Wildman–Crippen MR) is 77.0 cm³/mol. The Morgan fingerprint density at radius 3 is 3.06 bits per heavy atom. The molecular weight excluding hydrogens is 292 g/mol. The maximum atomic E-state index is 12.1. The maximum absolute atomic E-state index is 12.1. The van der Waals surface area contributed by atoms with Crippen LogP contribution in [0.2, 0.25) is 0 Å². The molecule has 1 saturated heterocycles. The lowest BCUT2D eigenvalue weighted by Crippen LogP contribution is -2.30. The summed E-state index contributed by atoms with van der Waals surface area (Å²) in [6.45, 7) is 5.14. The molecule has 0 aliphatic carbocycles. The van der Waals surface area contributed by atoms with E-state index in [-0.39, 0.29) is 5.78 Å². The molecule has 2 rings (SSSR count). The molecule has 1 aliphatic rings. The van der Waals surface area contributed by atoms with Crippen LogP contribution in [-0.4, -0.2) is 43.4 Å². The van der Waals surface area contributed by atoms with E-state index < -0.39 is 0 Å². The highest BCUT2D eigenvalue weighted by molar-refractivity contribution is 9.10. The van der Waals surface area contributed by atoms with Crippen LogP contribution in [-0.2, 0) is 0 Å². The van der Waals surface area contributed by atoms with Gasteiger partial charge in [-0.25, -0.2) is 0 Å². The second kappa shape index (κ2) is 7.02. The van der Waals surface area contributed by atoms with Crippen molar-refractivity contribution in [2.75, 3.05) is 32.7 Å². The normalized spacial score (nSPS) is 17.4. The van der Waals surface area contributed by atoms with Crippen molar-refractivity contribution < 1.29 is 4.79 Å². The van der Waals surface area contributed by atoms with Gasteiger partial charge < -0.3 is 10.2 Å². The SMILES string of the molecule is O=C(CCN1CCCNCC1)c1cccc(Br)c1. The highest BCUT2D eigenvalue weighted by Gasteiger charge is 2.11. The Morgan fingerprint density at radius 1 is 1.33 bits per heavy atom. The topological polar surface area (TPSA) is 32.3 Å². The molecule has 0 atom stereocenters. The Hall–Kier alpha value is -0.710. The number of carbonyl (C=O) groups excluding carboxylic acids is 1. The molecule has 3 nitrogen and oxygen atoms in total. The van der Waals surface area contributed by atoms with Gasteiger partial charge in [0, 0.05) is 36.1 Å². The fraction of sp³-hybridized carbons (Fsp3) is 0.500. The minimum Gasteiger partial charge on any atom is -0.315 e. The quantitative estimate of drug-likeness (QED) is 0.866. The van der Waals surface area contributed by atoms with E-state index in [9.17, 15) is 4.79 Å². The lowest BCUT2D eigenvalue weighted by atomic mass is 10.1. The summed E-state index contributed by atoms with van der Waals surface area (Å²) in [4.78, 5) is 14.4. The third-order valence-corrected chi connectivity index (χ3v) is 3.73. The monoisotopic (exact) mass is 310 g/mol. The van der Waals surface area contributed by atoms with Crippen LogP contribution < -0.4 is 5.32 Å². The third kappa shape index (κ3) is 4.19. The summed E-state index contributed by atoms with van der Waals surface area (Å²) in [5.74, 6) is 0.230. The van der Waals surface area contributed by atoms with Crippen molar-refractivity contribution in [2.45, 2.75) is 12.8 Å². The molecule has 4 heteroatoms. The minimum atomic E-state index is 0.230. The lowest BCUT2D eigenvalue weighted by molar-refractivity contribution is 0.0965. The van der Waals surface area contributed by atoms with Gasteiger partial charge in [-0.3, -0.25) is 4.79 Å². The second-order valence-corrected chi connectivity index (χ2v) is 5.54. The van der Waals surface area contributed by atoms with Crippen molar-refractivity contribution in [1.82, 2.24) is 10.2 Å². The first-order valence-electron chi connectivity index (χ1n) is 6.47. The zero-order chi connectivity index (χ0) is 12.8. The van der Waals surface area contributed by atoms with Crippen molar-refractivity contribution in [1.29, 1.82) is 0 Å². The van der Waals surface area contributed by atoms with Crippen molar-refractivity contribution in [3.63, 3.8) is 0 Å². The van der Waals surface area contributed by atoms with Gasteiger partial charge in [-0.15, -0.1) is 0 Å². The maximum Gasteiger partial charge on any atom is 0.164 e. The summed E-state index contributed by atoms with van der Waals surface area (Å²) in [6.07, 6.45) is 1.78. The molecule has 1 aliphatic heterocycles. The van der Waals surface area contributed by atoms with E-state index in [1.807, 2.05) is 24.3 Å². The molecule has 1 aromatic rings. The minimum absolute atomic E-state index is 0.230. The van der Waals surface area contributed by atoms with E-state index in [2.05, 4.69) is 26.1 Å². The molecule has 0 aromatic heterocycles. The van der Waals surface area contributed by atoms with Crippen LogP contribution in [0, 0.1) is 0 Å². The van der Waals surface area contributed by atoms with Crippen molar-refractivity contribution in [3.05, 3.63) is 34.3 Å². The van der Waals surface area contributed by atoms with Crippen molar-refractivity contribution in [3.8, 4) is 0 Å². The fourth-order valence-electron chi connectivity index (χ4n) is 2.19. The largest absolute Gasteiger partial charge is 0.315 e. The Kier molecular flexibility index (Phi) is 5.35. The van der Waals surface area contributed by atoms with Crippen LogP contribution in [0.15, 0.2) is 28.7 Å². The Labute approximate surface area is 117 Å². The van der Waals surface area contributed by atoms with Crippen LogP contribution in [0.5, 0.6) is 0 Å². The molecule has 1 aromatic carbocycles. The lowest BCUT2D eigenvalue weighted by Gasteiger charge is -2.18. The van der Waals surface area contributed by atoms with Gasteiger partial charge in [0.1, 0.15) is 0 Å². The molecule has 0 unspecified atom stereocenters. The molecule has 0 saturated carbocycles. The standard InChI is InChI=1S/C14H19BrN2O/c15-13-4-1-3-12(11-13)14(18)5-9-17-8-2-6-16-7-10-17/h1,3-4,11,16H,2,5-10H2. The van der Waals surface area contributed by atoms with E-state index in [1.54, 1.807) is 0 Å². The summed E-state index contributed by atoms with van der Waals surface area (Å²) in [5.41, 5.74) is 0.803. The van der Waals surface area contributed by atoms with Gasteiger partial charge in [-0.05, 0) is 31.6 Å². The molecule has 0 bridgehead atoms. The van der Waals surface area contributed by atoms with Gasteiger partial charge in [0.05, 0.1) is 0 Å². The number of hydrogen-bond donors (Lipinski definition) is 1. The zero-order valence-corrected chi connectivity index (χ0v) is 12.1. The molecule has 1 fully saturated rings. The highest BCUT2D eigenvalue weighted by Crippen LogP contribution is 2.13. The summed E-state index contributed by atoms with van der Waals surface area (Å²) in [7, 11) is 0. The number of Topliss-reactive ketones (excluding diaryl/α,β-unsaturated/α-hetero) is 1. The van der Waals surface area contributed by atoms with Gasteiger partial charge in [-0.2, -0.15) is 0 Å². The molecular formula is C14H19BrN2O. The highest BCUT2D eigenvalue weighted by atomic mass is 79.9. The number of halogens is 1. The molecule has 0 amide bonds. The van der Waals surface area contributed by atoms with E-state index in [4.69, 9.17) is 0 Å². The first-order valence-corrected chi connectivity index (χ1v) is 7.27. The molecule has 98 valence electrons. The number of nitrogens with zero attached hydrogens (tertiary/aromatic N) is 1.